The Labute approximate surface area is 98.1 Å². The van der Waals surface area contributed by atoms with E-state index < -0.39 is 0 Å². The van der Waals surface area contributed by atoms with E-state index in [4.69, 9.17) is 15.2 Å². The molecule has 0 bridgehead atoms. The zero-order valence-electron chi connectivity index (χ0n) is 10.5. The standard InChI is InChI=1S/C12H24N2O2/c1-11(2,9-13)10-14-5-3-12(4-6-14)15-7-8-16-12/h3-10,13H2,1-2H3. The van der Waals surface area contributed by atoms with Gasteiger partial charge in [-0.3, -0.25) is 0 Å². The largest absolute Gasteiger partial charge is 0.347 e. The minimum atomic E-state index is -0.247. The molecule has 4 nitrogen and oxygen atoms in total. The number of likely N-dealkylation sites (tertiary alicyclic amines) is 1. The third-order valence-corrected chi connectivity index (χ3v) is 3.64. The molecule has 0 amide bonds. The highest BCUT2D eigenvalue weighted by Gasteiger charge is 2.40. The summed E-state index contributed by atoms with van der Waals surface area (Å²) in [5.41, 5.74) is 5.97. The quantitative estimate of drug-likeness (QED) is 0.776. The molecule has 2 heterocycles. The monoisotopic (exact) mass is 228 g/mol. The van der Waals surface area contributed by atoms with E-state index in [0.29, 0.717) is 0 Å². The lowest BCUT2D eigenvalue weighted by molar-refractivity contribution is -0.186. The van der Waals surface area contributed by atoms with E-state index in [-0.39, 0.29) is 11.2 Å². The lowest BCUT2D eigenvalue weighted by atomic mass is 9.91. The topological polar surface area (TPSA) is 47.7 Å². The first-order chi connectivity index (χ1) is 7.55. The molecule has 16 heavy (non-hydrogen) atoms. The fourth-order valence-electron chi connectivity index (χ4n) is 2.51. The lowest BCUT2D eigenvalue weighted by Gasteiger charge is -2.40. The highest BCUT2D eigenvalue weighted by molar-refractivity contribution is 4.85. The van der Waals surface area contributed by atoms with Gasteiger partial charge in [-0.15, -0.1) is 0 Å². The second kappa shape index (κ2) is 4.61. The smallest absolute Gasteiger partial charge is 0.170 e. The van der Waals surface area contributed by atoms with Crippen LogP contribution in [0.4, 0.5) is 0 Å². The first-order valence-electron chi connectivity index (χ1n) is 6.26. The Kier molecular flexibility index (Phi) is 3.54. The predicted octanol–water partition coefficient (Wildman–Crippen LogP) is 0.810. The van der Waals surface area contributed by atoms with Crippen molar-refractivity contribution in [2.75, 3.05) is 39.4 Å². The van der Waals surface area contributed by atoms with Crippen LogP contribution in [0.15, 0.2) is 0 Å². The summed E-state index contributed by atoms with van der Waals surface area (Å²) in [5, 5.41) is 0. The maximum absolute atomic E-state index is 5.76. The summed E-state index contributed by atoms with van der Waals surface area (Å²) in [4.78, 5) is 2.48. The molecule has 2 aliphatic heterocycles. The van der Waals surface area contributed by atoms with Crippen LogP contribution in [-0.2, 0) is 9.47 Å². The van der Waals surface area contributed by atoms with Gasteiger partial charge < -0.3 is 20.1 Å². The van der Waals surface area contributed by atoms with Crippen molar-refractivity contribution >= 4 is 0 Å². The molecule has 0 unspecified atom stereocenters. The van der Waals surface area contributed by atoms with E-state index in [9.17, 15) is 0 Å². The molecular weight excluding hydrogens is 204 g/mol. The zero-order chi connectivity index (χ0) is 11.6. The first kappa shape index (κ1) is 12.3. The predicted molar refractivity (Wildman–Crippen MR) is 63.1 cm³/mol. The molecule has 4 heteroatoms. The van der Waals surface area contributed by atoms with Gasteiger partial charge in [-0.05, 0) is 12.0 Å². The van der Waals surface area contributed by atoms with Crippen molar-refractivity contribution in [3.8, 4) is 0 Å². The summed E-state index contributed by atoms with van der Waals surface area (Å²) in [7, 11) is 0. The first-order valence-corrected chi connectivity index (χ1v) is 6.26. The summed E-state index contributed by atoms with van der Waals surface area (Å²) >= 11 is 0. The van der Waals surface area contributed by atoms with Crippen LogP contribution >= 0.6 is 0 Å². The Morgan fingerprint density at radius 1 is 1.19 bits per heavy atom. The Bertz CT molecular complexity index is 227. The van der Waals surface area contributed by atoms with Crippen LogP contribution in [0, 0.1) is 5.41 Å². The molecule has 2 fully saturated rings. The van der Waals surface area contributed by atoms with Crippen LogP contribution in [0.1, 0.15) is 26.7 Å². The zero-order valence-corrected chi connectivity index (χ0v) is 10.5. The van der Waals surface area contributed by atoms with E-state index in [1.807, 2.05) is 0 Å². The number of ether oxygens (including phenoxy) is 2. The van der Waals surface area contributed by atoms with Crippen molar-refractivity contribution in [2.24, 2.45) is 11.1 Å². The maximum atomic E-state index is 5.76. The number of nitrogens with two attached hydrogens (primary N) is 1. The van der Waals surface area contributed by atoms with Gasteiger partial charge in [0.25, 0.3) is 0 Å². The molecule has 2 rings (SSSR count). The van der Waals surface area contributed by atoms with Gasteiger partial charge in [0.1, 0.15) is 0 Å². The second-order valence-electron chi connectivity index (χ2n) is 5.75. The molecule has 2 aliphatic rings. The number of nitrogens with zero attached hydrogens (tertiary/aromatic N) is 1. The Hall–Kier alpha value is -0.160. The normalized spacial score (nSPS) is 26.4. The average molecular weight is 228 g/mol. The second-order valence-corrected chi connectivity index (χ2v) is 5.75. The lowest BCUT2D eigenvalue weighted by Crippen LogP contribution is -2.48. The van der Waals surface area contributed by atoms with Crippen molar-refractivity contribution in [1.29, 1.82) is 0 Å². The maximum Gasteiger partial charge on any atom is 0.170 e. The van der Waals surface area contributed by atoms with Crippen molar-refractivity contribution in [1.82, 2.24) is 4.90 Å². The molecule has 0 saturated carbocycles. The van der Waals surface area contributed by atoms with E-state index >= 15 is 0 Å². The minimum Gasteiger partial charge on any atom is -0.347 e. The van der Waals surface area contributed by atoms with Gasteiger partial charge in [0.15, 0.2) is 5.79 Å². The Morgan fingerprint density at radius 3 is 2.25 bits per heavy atom. The Balaban J connectivity index is 1.81. The summed E-state index contributed by atoms with van der Waals surface area (Å²) in [6.45, 7) is 9.89. The SMILES string of the molecule is CC(C)(CN)CN1CCC2(CC1)OCCO2. The van der Waals surface area contributed by atoms with Crippen LogP contribution in [0.25, 0.3) is 0 Å². The van der Waals surface area contributed by atoms with Crippen molar-refractivity contribution < 1.29 is 9.47 Å². The average Bonchev–Trinajstić information content (AvgIpc) is 2.71. The van der Waals surface area contributed by atoms with Gasteiger partial charge in [0, 0.05) is 32.5 Å². The van der Waals surface area contributed by atoms with Gasteiger partial charge in [0.2, 0.25) is 0 Å². The third-order valence-electron chi connectivity index (χ3n) is 3.64. The van der Waals surface area contributed by atoms with Gasteiger partial charge in [0.05, 0.1) is 13.2 Å². The van der Waals surface area contributed by atoms with E-state index in [0.717, 1.165) is 52.2 Å². The van der Waals surface area contributed by atoms with Crippen LogP contribution in [0.5, 0.6) is 0 Å². The molecule has 0 aromatic rings. The molecule has 1 spiro atoms. The minimum absolute atomic E-state index is 0.210. The third kappa shape index (κ3) is 2.74. The molecule has 2 N–H and O–H groups in total. The van der Waals surface area contributed by atoms with Crippen LogP contribution in [-0.4, -0.2) is 50.1 Å². The number of piperidine rings is 1. The van der Waals surface area contributed by atoms with Crippen molar-refractivity contribution in [3.05, 3.63) is 0 Å². The molecule has 94 valence electrons. The molecule has 0 aliphatic carbocycles. The van der Waals surface area contributed by atoms with Gasteiger partial charge in [-0.2, -0.15) is 0 Å². The molecule has 0 aromatic carbocycles. The molecule has 2 saturated heterocycles. The van der Waals surface area contributed by atoms with Crippen molar-refractivity contribution in [3.63, 3.8) is 0 Å². The van der Waals surface area contributed by atoms with Crippen LogP contribution in [0.2, 0.25) is 0 Å². The summed E-state index contributed by atoms with van der Waals surface area (Å²) in [6.07, 6.45) is 1.99. The molecular formula is C12H24N2O2. The number of rotatable bonds is 3. The van der Waals surface area contributed by atoms with E-state index in [2.05, 4.69) is 18.7 Å². The highest BCUT2D eigenvalue weighted by Crippen LogP contribution is 2.32. The Morgan fingerprint density at radius 2 is 1.75 bits per heavy atom. The van der Waals surface area contributed by atoms with Gasteiger partial charge >= 0.3 is 0 Å². The number of hydrogen-bond acceptors (Lipinski definition) is 4. The highest BCUT2D eigenvalue weighted by atomic mass is 16.7. The molecule has 0 atom stereocenters. The van der Waals surface area contributed by atoms with E-state index in [1.165, 1.54) is 0 Å². The van der Waals surface area contributed by atoms with E-state index in [1.54, 1.807) is 0 Å². The summed E-state index contributed by atoms with van der Waals surface area (Å²) in [6, 6.07) is 0. The van der Waals surface area contributed by atoms with Crippen molar-refractivity contribution in [2.45, 2.75) is 32.5 Å². The molecule has 0 radical (unpaired) electrons. The number of hydrogen-bond donors (Lipinski definition) is 1. The summed E-state index contributed by atoms with van der Waals surface area (Å²) in [5.74, 6) is -0.247. The van der Waals surface area contributed by atoms with Gasteiger partial charge in [-0.1, -0.05) is 13.8 Å². The fraction of sp³-hybridized carbons (Fsp3) is 1.00. The fourth-order valence-corrected chi connectivity index (χ4v) is 2.51. The van der Waals surface area contributed by atoms with Crippen LogP contribution < -0.4 is 5.73 Å². The molecule has 0 aromatic heterocycles. The van der Waals surface area contributed by atoms with Crippen LogP contribution in [0.3, 0.4) is 0 Å². The van der Waals surface area contributed by atoms with Gasteiger partial charge in [-0.25, -0.2) is 0 Å². The summed E-state index contributed by atoms with van der Waals surface area (Å²) < 4.78 is 11.4.